The molecule has 0 spiro atoms. The largest absolute Gasteiger partial charge is 0.488 e. The van der Waals surface area contributed by atoms with Crippen molar-refractivity contribution in [3.63, 3.8) is 0 Å². The summed E-state index contributed by atoms with van der Waals surface area (Å²) in [5.74, 6) is 0.818. The molecule has 0 aliphatic carbocycles. The molecule has 33 heavy (non-hydrogen) atoms. The predicted octanol–water partition coefficient (Wildman–Crippen LogP) is 6.03. The SMILES string of the molecule is COC(=O)c1nc(-c2oc3ccccc3c2C)nc2c(C)ccc(OCc3ccccc3)c12. The van der Waals surface area contributed by atoms with Gasteiger partial charge in [0.25, 0.3) is 0 Å². The van der Waals surface area contributed by atoms with E-state index in [2.05, 4.69) is 4.98 Å². The fourth-order valence-corrected chi connectivity index (χ4v) is 3.93. The van der Waals surface area contributed by atoms with Crippen molar-refractivity contribution in [3.05, 3.63) is 89.1 Å². The van der Waals surface area contributed by atoms with E-state index in [0.717, 1.165) is 27.7 Å². The Bertz CT molecular complexity index is 1490. The molecule has 0 amide bonds. The van der Waals surface area contributed by atoms with Gasteiger partial charge in [-0.3, -0.25) is 0 Å². The highest BCUT2D eigenvalue weighted by molar-refractivity contribution is 6.05. The maximum atomic E-state index is 12.8. The maximum Gasteiger partial charge on any atom is 0.357 e. The van der Waals surface area contributed by atoms with Crippen molar-refractivity contribution >= 4 is 27.8 Å². The lowest BCUT2D eigenvalue weighted by molar-refractivity contribution is 0.0596. The number of esters is 1. The highest BCUT2D eigenvalue weighted by atomic mass is 16.5. The fraction of sp³-hybridized carbons (Fsp3) is 0.148. The van der Waals surface area contributed by atoms with E-state index in [1.807, 2.05) is 80.6 Å². The van der Waals surface area contributed by atoms with Crippen molar-refractivity contribution < 1.29 is 18.7 Å². The van der Waals surface area contributed by atoms with Gasteiger partial charge < -0.3 is 13.9 Å². The minimum atomic E-state index is -0.562. The van der Waals surface area contributed by atoms with Gasteiger partial charge in [0.1, 0.15) is 17.9 Å². The zero-order chi connectivity index (χ0) is 22.9. The molecule has 0 saturated carbocycles. The topological polar surface area (TPSA) is 74.5 Å². The third-order valence-electron chi connectivity index (χ3n) is 5.68. The van der Waals surface area contributed by atoms with E-state index in [4.69, 9.17) is 18.9 Å². The Kier molecular flexibility index (Phi) is 5.26. The molecule has 0 aliphatic rings. The molecule has 0 aliphatic heterocycles. The number of methoxy groups -OCH3 is 1. The first-order chi connectivity index (χ1) is 16.1. The molecule has 5 aromatic rings. The zero-order valence-electron chi connectivity index (χ0n) is 18.6. The van der Waals surface area contributed by atoms with E-state index in [-0.39, 0.29) is 5.69 Å². The molecule has 0 atom stereocenters. The molecule has 2 aromatic heterocycles. The van der Waals surface area contributed by atoms with Gasteiger partial charge in [0.05, 0.1) is 18.0 Å². The van der Waals surface area contributed by atoms with E-state index in [0.29, 0.717) is 34.8 Å². The zero-order valence-corrected chi connectivity index (χ0v) is 18.6. The summed E-state index contributed by atoms with van der Waals surface area (Å²) < 4.78 is 17.2. The summed E-state index contributed by atoms with van der Waals surface area (Å²) in [6, 6.07) is 21.3. The van der Waals surface area contributed by atoms with E-state index in [9.17, 15) is 4.79 Å². The van der Waals surface area contributed by atoms with Crippen LogP contribution in [-0.4, -0.2) is 23.0 Å². The molecular weight excluding hydrogens is 416 g/mol. The van der Waals surface area contributed by atoms with Crippen molar-refractivity contribution in [1.29, 1.82) is 0 Å². The molecule has 0 saturated heterocycles. The third kappa shape index (κ3) is 3.69. The summed E-state index contributed by atoms with van der Waals surface area (Å²) in [6.45, 7) is 4.25. The predicted molar refractivity (Wildman–Crippen MR) is 126 cm³/mol. The summed E-state index contributed by atoms with van der Waals surface area (Å²) in [7, 11) is 1.34. The van der Waals surface area contributed by atoms with Crippen LogP contribution in [0.25, 0.3) is 33.5 Å². The molecule has 6 nitrogen and oxygen atoms in total. The second-order valence-corrected chi connectivity index (χ2v) is 7.82. The monoisotopic (exact) mass is 438 g/mol. The van der Waals surface area contributed by atoms with Gasteiger partial charge in [-0.1, -0.05) is 54.6 Å². The van der Waals surface area contributed by atoms with Crippen molar-refractivity contribution in [2.75, 3.05) is 7.11 Å². The molecule has 0 unspecified atom stereocenters. The Morgan fingerprint density at radius 1 is 0.939 bits per heavy atom. The van der Waals surface area contributed by atoms with Crippen LogP contribution in [0.1, 0.15) is 27.2 Å². The lowest BCUT2D eigenvalue weighted by Gasteiger charge is -2.14. The number of aromatic nitrogens is 2. The number of furan rings is 1. The Morgan fingerprint density at radius 2 is 1.70 bits per heavy atom. The van der Waals surface area contributed by atoms with E-state index in [1.165, 1.54) is 7.11 Å². The molecule has 5 rings (SSSR count). The molecular formula is C27H22N2O4. The van der Waals surface area contributed by atoms with Crippen molar-refractivity contribution in [2.45, 2.75) is 20.5 Å². The van der Waals surface area contributed by atoms with Gasteiger partial charge in [-0.05, 0) is 37.1 Å². The molecule has 0 fully saturated rings. The number of nitrogens with zero attached hydrogens (tertiary/aromatic N) is 2. The number of hydrogen-bond donors (Lipinski definition) is 0. The molecule has 0 N–H and O–H groups in total. The van der Waals surface area contributed by atoms with E-state index in [1.54, 1.807) is 0 Å². The average molecular weight is 438 g/mol. The van der Waals surface area contributed by atoms with Gasteiger partial charge >= 0.3 is 5.97 Å². The van der Waals surface area contributed by atoms with Gasteiger partial charge in [-0.15, -0.1) is 0 Å². The molecule has 0 radical (unpaired) electrons. The van der Waals surface area contributed by atoms with Crippen LogP contribution < -0.4 is 4.74 Å². The maximum absolute atomic E-state index is 12.8. The Morgan fingerprint density at radius 3 is 2.45 bits per heavy atom. The number of rotatable bonds is 5. The van der Waals surface area contributed by atoms with Crippen molar-refractivity contribution in [3.8, 4) is 17.3 Å². The number of para-hydroxylation sites is 1. The first-order valence-electron chi connectivity index (χ1n) is 10.6. The summed E-state index contributed by atoms with van der Waals surface area (Å²) in [5.41, 5.74) is 4.32. The Labute approximate surface area is 190 Å². The standard InChI is InChI=1S/C27H22N2O4/c1-16-13-14-21(32-15-18-9-5-4-6-10-18)22-23(16)28-26(29-24(22)27(30)31-3)25-17(2)19-11-7-8-12-20(19)33-25/h4-14H,15H2,1-3H3. The quantitative estimate of drug-likeness (QED) is 0.312. The fourth-order valence-electron chi connectivity index (χ4n) is 3.93. The van der Waals surface area contributed by atoms with Gasteiger partial charge in [0.2, 0.25) is 0 Å². The molecule has 3 aromatic carbocycles. The number of benzene rings is 3. The van der Waals surface area contributed by atoms with E-state index >= 15 is 0 Å². The van der Waals surface area contributed by atoms with Crippen molar-refractivity contribution in [2.24, 2.45) is 0 Å². The summed E-state index contributed by atoms with van der Waals surface area (Å²) in [6.07, 6.45) is 0. The van der Waals surface area contributed by atoms with Gasteiger partial charge in [-0.2, -0.15) is 0 Å². The number of aryl methyl sites for hydroxylation is 2. The normalized spacial score (nSPS) is 11.1. The van der Waals surface area contributed by atoms with Crippen LogP contribution in [0.2, 0.25) is 0 Å². The van der Waals surface area contributed by atoms with Crippen LogP contribution >= 0.6 is 0 Å². The molecule has 6 heteroatoms. The first-order valence-corrected chi connectivity index (χ1v) is 10.6. The number of carbonyl (C=O) groups is 1. The van der Waals surface area contributed by atoms with Crippen LogP contribution in [0.5, 0.6) is 5.75 Å². The van der Waals surface area contributed by atoms with Crippen LogP contribution in [0.3, 0.4) is 0 Å². The van der Waals surface area contributed by atoms with Crippen LogP contribution in [-0.2, 0) is 11.3 Å². The van der Waals surface area contributed by atoms with Crippen LogP contribution in [0.4, 0.5) is 0 Å². The first kappa shape index (κ1) is 20.7. The summed E-state index contributed by atoms with van der Waals surface area (Å²) >= 11 is 0. The second kappa shape index (κ2) is 8.39. The average Bonchev–Trinajstić information content (AvgIpc) is 3.20. The van der Waals surface area contributed by atoms with Gasteiger partial charge in [-0.25, -0.2) is 14.8 Å². The number of hydrogen-bond acceptors (Lipinski definition) is 6. The van der Waals surface area contributed by atoms with E-state index < -0.39 is 5.97 Å². The minimum Gasteiger partial charge on any atom is -0.488 e. The highest BCUT2D eigenvalue weighted by Crippen LogP contribution is 2.35. The Hall–Kier alpha value is -4.19. The molecule has 2 heterocycles. The highest BCUT2D eigenvalue weighted by Gasteiger charge is 2.24. The Balaban J connectivity index is 1.70. The second-order valence-electron chi connectivity index (χ2n) is 7.82. The minimum absolute atomic E-state index is 0.143. The molecule has 0 bridgehead atoms. The summed E-state index contributed by atoms with van der Waals surface area (Å²) in [4.78, 5) is 22.2. The van der Waals surface area contributed by atoms with Crippen molar-refractivity contribution in [1.82, 2.24) is 9.97 Å². The van der Waals surface area contributed by atoms with Crippen LogP contribution in [0, 0.1) is 13.8 Å². The van der Waals surface area contributed by atoms with Gasteiger partial charge in [0, 0.05) is 10.9 Å². The lowest BCUT2D eigenvalue weighted by Crippen LogP contribution is -2.09. The van der Waals surface area contributed by atoms with Gasteiger partial charge in [0.15, 0.2) is 17.3 Å². The number of ether oxygens (including phenoxy) is 2. The summed E-state index contributed by atoms with van der Waals surface area (Å²) in [5, 5.41) is 1.50. The third-order valence-corrected chi connectivity index (χ3v) is 5.68. The molecule has 164 valence electrons. The van der Waals surface area contributed by atoms with Crippen LogP contribution in [0.15, 0.2) is 71.1 Å². The smallest absolute Gasteiger partial charge is 0.357 e. The number of fused-ring (bicyclic) bond motifs is 2. The number of carbonyl (C=O) groups excluding carboxylic acids is 1. The lowest BCUT2D eigenvalue weighted by atomic mass is 10.1.